The number of nitrogens with one attached hydrogen (secondary N) is 1. The summed E-state index contributed by atoms with van der Waals surface area (Å²) in [4.78, 5) is 86.0. The summed E-state index contributed by atoms with van der Waals surface area (Å²) in [6.45, 7) is 10.8. The van der Waals surface area contributed by atoms with Crippen molar-refractivity contribution in [3.8, 4) is 0 Å². The van der Waals surface area contributed by atoms with Crippen molar-refractivity contribution >= 4 is 48.2 Å². The molecular weight excluding hydrogens is 914 g/mol. The lowest BCUT2D eigenvalue weighted by Gasteiger charge is -2.68. The highest BCUT2D eigenvalue weighted by Crippen LogP contribution is 2.65. The Morgan fingerprint density at radius 2 is 1.57 bits per heavy atom. The fraction of sp³-hybridized carbons (Fsp3) is 0.500. The zero-order chi connectivity index (χ0) is 50.1. The van der Waals surface area contributed by atoms with Crippen LogP contribution in [-0.2, 0) is 52.3 Å². The van der Waals surface area contributed by atoms with E-state index in [0.717, 1.165) is 12.1 Å². The molecule has 3 aromatic rings. The minimum absolute atomic E-state index is 0.00617. The van der Waals surface area contributed by atoms with Crippen LogP contribution < -0.4 is 5.32 Å². The third-order valence-corrected chi connectivity index (χ3v) is 14.7. The van der Waals surface area contributed by atoms with Crippen molar-refractivity contribution in [3.63, 3.8) is 0 Å². The second-order valence-corrected chi connectivity index (χ2v) is 19.2. The number of rotatable bonds is 16. The Morgan fingerprint density at radius 3 is 2.14 bits per heavy atom. The fourth-order valence-electron chi connectivity index (χ4n) is 11.0. The summed E-state index contributed by atoms with van der Waals surface area (Å²) in [7, 11) is 0. The summed E-state index contributed by atoms with van der Waals surface area (Å²) >= 11 is 4.38. The minimum Gasteiger partial charge on any atom is -0.455 e. The molecule has 1 saturated heterocycles. The van der Waals surface area contributed by atoms with Crippen molar-refractivity contribution in [1.29, 1.82) is 0 Å². The summed E-state index contributed by atoms with van der Waals surface area (Å²) in [6.07, 6.45) is -9.01. The first-order valence-electron chi connectivity index (χ1n) is 23.2. The molecule has 3 aromatic carbocycles. The van der Waals surface area contributed by atoms with Crippen molar-refractivity contribution in [2.75, 3.05) is 25.6 Å². The highest BCUT2D eigenvalue weighted by molar-refractivity contribution is 7.80. The Bertz CT molecular complexity index is 2450. The van der Waals surface area contributed by atoms with Gasteiger partial charge >= 0.3 is 23.9 Å². The largest absolute Gasteiger partial charge is 0.455 e. The molecule has 0 radical (unpaired) electrons. The first-order chi connectivity index (χ1) is 32.8. The molecule has 2 saturated carbocycles. The molecule has 3 aliphatic carbocycles. The number of Topliss-reactive ketones (excluding diaryl/α,β-unsaturated/α-hetero) is 1. The SMILES string of the molecule is CCO[C@H]1C(=O)[C@@]2(C)C(C(OC(=O)c3ccc(F)cc3)[C@]3(O)C[C@H](OC(=O)[C@H](OC(=O)CC)[C@@H](NC(=O)c4ccccc4)c4ccccc4)C(C)=C1C3(C)C)[C@]1(OC(C)=O)CO[C@@H]1C[C@@H]2OCCS. The van der Waals surface area contributed by atoms with Gasteiger partial charge in [-0.15, -0.1) is 0 Å². The zero-order valence-electron chi connectivity index (χ0n) is 39.7. The van der Waals surface area contributed by atoms with Crippen molar-refractivity contribution < 1.29 is 71.4 Å². The highest BCUT2D eigenvalue weighted by Gasteiger charge is 2.78. The molecule has 2 N–H and O–H groups in total. The predicted octanol–water partition coefficient (Wildman–Crippen LogP) is 6.26. The summed E-state index contributed by atoms with van der Waals surface area (Å²) in [6, 6.07) is 19.9. The summed E-state index contributed by atoms with van der Waals surface area (Å²) in [5.41, 5.74) is -6.32. The third kappa shape index (κ3) is 9.35. The molecule has 69 heavy (non-hydrogen) atoms. The van der Waals surface area contributed by atoms with Crippen LogP contribution >= 0.6 is 12.6 Å². The van der Waals surface area contributed by atoms with Crippen molar-refractivity contribution in [3.05, 3.63) is 119 Å². The summed E-state index contributed by atoms with van der Waals surface area (Å²) < 4.78 is 58.3. The zero-order valence-corrected chi connectivity index (χ0v) is 40.6. The Kier molecular flexibility index (Phi) is 15.3. The molecule has 1 amide bonds. The number of ketones is 1. The van der Waals surface area contributed by atoms with Crippen LogP contribution in [0.1, 0.15) is 100 Å². The third-order valence-electron chi connectivity index (χ3n) is 14.5. The number of ether oxygens (including phenoxy) is 7. The van der Waals surface area contributed by atoms with E-state index in [1.54, 1.807) is 95.3 Å². The van der Waals surface area contributed by atoms with Gasteiger partial charge in [-0.2, -0.15) is 12.6 Å². The van der Waals surface area contributed by atoms with Crippen molar-refractivity contribution in [1.82, 2.24) is 5.32 Å². The van der Waals surface area contributed by atoms with E-state index in [0.29, 0.717) is 11.1 Å². The summed E-state index contributed by atoms with van der Waals surface area (Å²) in [5, 5.41) is 16.9. The van der Waals surface area contributed by atoms with Gasteiger partial charge < -0.3 is 43.6 Å². The lowest BCUT2D eigenvalue weighted by molar-refractivity contribution is -0.348. The molecular formula is C52H60FNO14S. The smallest absolute Gasteiger partial charge is 0.350 e. The number of benzene rings is 3. The Labute approximate surface area is 406 Å². The normalized spacial score (nSPS) is 29.9. The van der Waals surface area contributed by atoms with Gasteiger partial charge in [0.1, 0.15) is 41.9 Å². The maximum atomic E-state index is 16.0. The molecule has 2 unspecified atom stereocenters. The molecule has 15 nitrogen and oxygen atoms in total. The molecule has 3 fully saturated rings. The number of esters is 4. The van der Waals surface area contributed by atoms with E-state index >= 15 is 9.59 Å². The van der Waals surface area contributed by atoms with E-state index in [4.69, 9.17) is 33.2 Å². The van der Waals surface area contributed by atoms with Crippen molar-refractivity contribution in [2.45, 2.75) is 122 Å². The van der Waals surface area contributed by atoms with E-state index in [1.807, 2.05) is 0 Å². The minimum atomic E-state index is -2.35. The van der Waals surface area contributed by atoms with Gasteiger partial charge in [0.2, 0.25) is 6.10 Å². The highest BCUT2D eigenvalue weighted by atomic mass is 32.1. The number of fused-ring (bicyclic) bond motifs is 5. The lowest BCUT2D eigenvalue weighted by Crippen LogP contribution is -2.82. The van der Waals surface area contributed by atoms with Gasteiger partial charge in [0.25, 0.3) is 5.91 Å². The Hall–Kier alpha value is -5.46. The van der Waals surface area contributed by atoms with E-state index in [1.165, 1.54) is 26.0 Å². The first kappa shape index (κ1) is 51.4. The van der Waals surface area contributed by atoms with Gasteiger partial charge in [-0.3, -0.25) is 19.2 Å². The lowest BCUT2D eigenvalue weighted by atomic mass is 9.44. The van der Waals surface area contributed by atoms with E-state index in [2.05, 4.69) is 17.9 Å². The van der Waals surface area contributed by atoms with Gasteiger partial charge in [0.05, 0.1) is 36.2 Å². The van der Waals surface area contributed by atoms with Gasteiger partial charge in [-0.25, -0.2) is 14.0 Å². The van der Waals surface area contributed by atoms with Crippen LogP contribution in [0.15, 0.2) is 96.1 Å². The first-order valence-corrected chi connectivity index (χ1v) is 23.8. The second kappa shape index (κ2) is 20.5. The molecule has 7 rings (SSSR count). The Morgan fingerprint density at radius 1 is 0.913 bits per heavy atom. The maximum absolute atomic E-state index is 16.0. The number of carbonyl (C=O) groups is 6. The molecule has 1 aliphatic heterocycles. The molecule has 2 bridgehead atoms. The molecule has 1 heterocycles. The monoisotopic (exact) mass is 973 g/mol. The fourth-order valence-corrected chi connectivity index (χ4v) is 11.1. The average molecular weight is 974 g/mol. The van der Waals surface area contributed by atoms with Gasteiger partial charge in [-0.05, 0) is 73.9 Å². The quantitative estimate of drug-likeness (QED) is 0.0629. The van der Waals surface area contributed by atoms with Gasteiger partial charge in [0.15, 0.2) is 11.4 Å². The number of thiol groups is 1. The predicted molar refractivity (Wildman–Crippen MR) is 249 cm³/mol. The average Bonchev–Trinajstić information content (AvgIpc) is 3.32. The van der Waals surface area contributed by atoms with E-state index < -0.39 is 118 Å². The molecule has 4 aliphatic rings. The van der Waals surface area contributed by atoms with E-state index in [9.17, 15) is 28.7 Å². The number of aliphatic hydroxyl groups is 1. The van der Waals surface area contributed by atoms with Crippen LogP contribution in [0.5, 0.6) is 0 Å². The number of halogens is 1. The number of hydrogen-bond acceptors (Lipinski definition) is 15. The number of carbonyl (C=O) groups excluding carboxylic acids is 6. The van der Waals surface area contributed by atoms with Crippen LogP contribution in [0.2, 0.25) is 0 Å². The van der Waals surface area contributed by atoms with Crippen LogP contribution in [0.4, 0.5) is 4.39 Å². The summed E-state index contributed by atoms with van der Waals surface area (Å²) in [5.74, 6) is -6.60. The van der Waals surface area contributed by atoms with Gasteiger partial charge in [0, 0.05) is 49.5 Å². The molecule has 370 valence electrons. The standard InChI is InChI=1S/C52H60FNO14S/c1-8-38(56)66-42(40(31-16-12-10-13-17-31)54-46(58)32-18-14-11-15-19-32)48(60)65-35-27-52(61)45(67-47(59)33-20-22-34(53)23-21-33)43-50(7,44(57)41(62-9-2)39(29(35)3)49(52,5)6)36(63-24-25-69)26-37-51(43,28-64-37)68-30(4)55/h10-23,35-37,40-43,45,61,69H,8-9,24-28H2,1-7H3,(H,54,58)/t35-,36-,37+,40-,41+,42+,43?,45?,50+,51-,52+/m0/s1. The van der Waals surface area contributed by atoms with Gasteiger partial charge in [-0.1, -0.05) is 69.3 Å². The molecule has 17 heteroatoms. The van der Waals surface area contributed by atoms with Crippen LogP contribution in [-0.4, -0.2) is 114 Å². The molecule has 0 spiro atoms. The van der Waals surface area contributed by atoms with Crippen LogP contribution in [0.3, 0.4) is 0 Å². The maximum Gasteiger partial charge on any atom is 0.350 e. The number of hydrogen-bond donors (Lipinski definition) is 3. The molecule has 0 aromatic heterocycles. The Balaban J connectivity index is 1.43. The number of amides is 1. The van der Waals surface area contributed by atoms with Crippen LogP contribution in [0.25, 0.3) is 0 Å². The second-order valence-electron chi connectivity index (χ2n) is 18.7. The van der Waals surface area contributed by atoms with Crippen LogP contribution in [0, 0.1) is 22.6 Å². The van der Waals surface area contributed by atoms with E-state index in [-0.39, 0.29) is 55.1 Å². The van der Waals surface area contributed by atoms with Crippen molar-refractivity contribution in [2.24, 2.45) is 16.7 Å². The molecule has 11 atom stereocenters. The topological polar surface area (TPSA) is 199 Å².